The first-order valence-corrected chi connectivity index (χ1v) is 7.17. The molecular formula is C14H11FN4O2S. The van der Waals surface area contributed by atoms with Crippen LogP contribution >= 0.6 is 11.5 Å². The highest BCUT2D eigenvalue weighted by molar-refractivity contribution is 7.08. The third-order valence-corrected chi connectivity index (χ3v) is 4.07. The molecule has 1 N–H and O–H groups in total. The molecule has 0 amide bonds. The van der Waals surface area contributed by atoms with E-state index in [9.17, 15) is 14.0 Å². The van der Waals surface area contributed by atoms with Gasteiger partial charge in [0.25, 0.3) is 5.56 Å². The summed E-state index contributed by atoms with van der Waals surface area (Å²) in [6.45, 7) is 3.30. The van der Waals surface area contributed by atoms with Crippen LogP contribution in [0.3, 0.4) is 0 Å². The third kappa shape index (κ3) is 2.27. The minimum atomic E-state index is -0.484. The SMILES string of the molecule is Cc1nnsc1C(=O)c1c(C)[nH]n(-c2ccc(F)cc2)c1=O. The van der Waals surface area contributed by atoms with Crippen LogP contribution in [-0.2, 0) is 0 Å². The van der Waals surface area contributed by atoms with Gasteiger partial charge in [0.05, 0.1) is 11.4 Å². The van der Waals surface area contributed by atoms with Crippen molar-refractivity contribution in [3.63, 3.8) is 0 Å². The van der Waals surface area contributed by atoms with Gasteiger partial charge in [0, 0.05) is 5.69 Å². The zero-order valence-corrected chi connectivity index (χ0v) is 12.6. The summed E-state index contributed by atoms with van der Waals surface area (Å²) < 4.78 is 17.9. The number of aromatic nitrogens is 4. The second-order valence-corrected chi connectivity index (χ2v) is 5.50. The molecule has 0 aliphatic carbocycles. The van der Waals surface area contributed by atoms with Crippen molar-refractivity contribution in [3.8, 4) is 5.69 Å². The van der Waals surface area contributed by atoms with Gasteiger partial charge in [0.15, 0.2) is 0 Å². The number of carbonyl (C=O) groups is 1. The summed E-state index contributed by atoms with van der Waals surface area (Å²) in [6.07, 6.45) is 0. The molecule has 0 bridgehead atoms. The van der Waals surface area contributed by atoms with Crippen LogP contribution in [0.25, 0.3) is 5.69 Å². The number of aromatic amines is 1. The topological polar surface area (TPSA) is 80.6 Å². The normalized spacial score (nSPS) is 10.9. The van der Waals surface area contributed by atoms with Crippen molar-refractivity contribution < 1.29 is 9.18 Å². The quantitative estimate of drug-likeness (QED) is 0.749. The van der Waals surface area contributed by atoms with Gasteiger partial charge in [-0.2, -0.15) is 0 Å². The molecule has 3 aromatic rings. The molecule has 22 heavy (non-hydrogen) atoms. The minimum Gasteiger partial charge on any atom is -0.295 e. The second-order valence-electron chi connectivity index (χ2n) is 4.75. The van der Waals surface area contributed by atoms with Gasteiger partial charge >= 0.3 is 0 Å². The summed E-state index contributed by atoms with van der Waals surface area (Å²) in [6, 6.07) is 5.41. The molecule has 1 aromatic carbocycles. The Morgan fingerprint density at radius 2 is 1.95 bits per heavy atom. The molecule has 8 heteroatoms. The first kappa shape index (κ1) is 14.3. The van der Waals surface area contributed by atoms with Crippen LogP contribution in [0, 0.1) is 19.7 Å². The van der Waals surface area contributed by atoms with Gasteiger partial charge in [0.2, 0.25) is 5.78 Å². The Kier molecular flexibility index (Phi) is 3.45. The Morgan fingerprint density at radius 1 is 1.27 bits per heavy atom. The van der Waals surface area contributed by atoms with E-state index in [1.807, 2.05) is 0 Å². The smallest absolute Gasteiger partial charge is 0.282 e. The van der Waals surface area contributed by atoms with E-state index >= 15 is 0 Å². The molecule has 0 aliphatic heterocycles. The zero-order chi connectivity index (χ0) is 15.9. The molecule has 112 valence electrons. The monoisotopic (exact) mass is 318 g/mol. The Hall–Kier alpha value is -2.61. The standard InChI is InChI=1S/C14H11FN4O2S/c1-7-11(12(20)13-8(2)16-18-22-13)14(21)19(17-7)10-5-3-9(15)4-6-10/h3-6,17H,1-2H3. The number of aryl methyl sites for hydroxylation is 2. The van der Waals surface area contributed by atoms with Crippen molar-refractivity contribution in [3.05, 3.63) is 62.3 Å². The van der Waals surface area contributed by atoms with Gasteiger partial charge in [-0.3, -0.25) is 14.7 Å². The molecule has 6 nitrogen and oxygen atoms in total. The lowest BCUT2D eigenvalue weighted by Gasteiger charge is -2.00. The highest BCUT2D eigenvalue weighted by atomic mass is 32.1. The van der Waals surface area contributed by atoms with Crippen LogP contribution < -0.4 is 5.56 Å². The lowest BCUT2D eigenvalue weighted by Crippen LogP contribution is -2.20. The molecule has 0 radical (unpaired) electrons. The van der Waals surface area contributed by atoms with E-state index in [1.165, 1.54) is 28.9 Å². The Morgan fingerprint density at radius 3 is 2.55 bits per heavy atom. The van der Waals surface area contributed by atoms with E-state index in [1.54, 1.807) is 13.8 Å². The first-order chi connectivity index (χ1) is 10.5. The van der Waals surface area contributed by atoms with E-state index in [2.05, 4.69) is 14.7 Å². The van der Waals surface area contributed by atoms with Gasteiger partial charge in [0.1, 0.15) is 16.3 Å². The molecule has 3 rings (SSSR count). The van der Waals surface area contributed by atoms with Gasteiger partial charge in [-0.1, -0.05) is 4.49 Å². The molecular weight excluding hydrogens is 307 g/mol. The van der Waals surface area contributed by atoms with Crippen LogP contribution in [0.4, 0.5) is 4.39 Å². The maximum absolute atomic E-state index is 13.0. The number of hydrogen-bond acceptors (Lipinski definition) is 5. The molecule has 0 fully saturated rings. The van der Waals surface area contributed by atoms with Crippen molar-refractivity contribution in [1.82, 2.24) is 19.4 Å². The van der Waals surface area contributed by atoms with E-state index in [0.29, 0.717) is 22.0 Å². The molecule has 0 saturated heterocycles. The number of carbonyl (C=O) groups excluding carboxylic acids is 1. The van der Waals surface area contributed by atoms with E-state index in [-0.39, 0.29) is 5.56 Å². The highest BCUT2D eigenvalue weighted by Gasteiger charge is 2.24. The summed E-state index contributed by atoms with van der Waals surface area (Å²) in [4.78, 5) is 25.3. The van der Waals surface area contributed by atoms with Gasteiger partial charge < -0.3 is 0 Å². The number of halogens is 1. The van der Waals surface area contributed by atoms with Gasteiger partial charge in [-0.05, 0) is 49.6 Å². The van der Waals surface area contributed by atoms with E-state index in [4.69, 9.17) is 0 Å². The lowest BCUT2D eigenvalue weighted by molar-refractivity contribution is 0.104. The summed E-state index contributed by atoms with van der Waals surface area (Å²) >= 11 is 0.955. The van der Waals surface area contributed by atoms with Crippen molar-refractivity contribution in [2.45, 2.75) is 13.8 Å². The predicted octanol–water partition coefficient (Wildman–Crippen LogP) is 2.00. The Balaban J connectivity index is 2.12. The van der Waals surface area contributed by atoms with E-state index in [0.717, 1.165) is 11.5 Å². The molecule has 2 aromatic heterocycles. The fourth-order valence-corrected chi connectivity index (χ4v) is 2.74. The molecule has 2 heterocycles. The number of nitrogens with one attached hydrogen (secondary N) is 1. The van der Waals surface area contributed by atoms with Gasteiger partial charge in [-0.25, -0.2) is 9.07 Å². The van der Waals surface area contributed by atoms with Crippen LogP contribution in [0.15, 0.2) is 29.1 Å². The molecule has 0 aliphatic rings. The average molecular weight is 318 g/mol. The van der Waals surface area contributed by atoms with Crippen LogP contribution in [0.5, 0.6) is 0 Å². The second kappa shape index (κ2) is 5.30. The largest absolute Gasteiger partial charge is 0.295 e. The summed E-state index contributed by atoms with van der Waals surface area (Å²) in [7, 11) is 0. The number of rotatable bonds is 3. The van der Waals surface area contributed by atoms with Crippen molar-refractivity contribution in [2.75, 3.05) is 0 Å². The fraction of sp³-hybridized carbons (Fsp3) is 0.143. The number of benzene rings is 1. The number of ketones is 1. The minimum absolute atomic E-state index is 0.0403. The molecule has 0 spiro atoms. The fourth-order valence-electron chi connectivity index (χ4n) is 2.14. The highest BCUT2D eigenvalue weighted by Crippen LogP contribution is 2.16. The number of H-pyrrole nitrogens is 1. The van der Waals surface area contributed by atoms with Crippen LogP contribution in [-0.4, -0.2) is 25.2 Å². The van der Waals surface area contributed by atoms with Crippen LogP contribution in [0.1, 0.15) is 26.6 Å². The predicted molar refractivity (Wildman–Crippen MR) is 79.2 cm³/mol. The van der Waals surface area contributed by atoms with Crippen LogP contribution in [0.2, 0.25) is 0 Å². The van der Waals surface area contributed by atoms with Crippen molar-refractivity contribution in [1.29, 1.82) is 0 Å². The molecule has 0 saturated carbocycles. The maximum atomic E-state index is 13.0. The maximum Gasteiger partial charge on any atom is 0.282 e. The lowest BCUT2D eigenvalue weighted by atomic mass is 10.1. The summed E-state index contributed by atoms with van der Waals surface area (Å²) in [5.74, 6) is -0.810. The average Bonchev–Trinajstić information content (AvgIpc) is 3.03. The van der Waals surface area contributed by atoms with Gasteiger partial charge in [-0.15, -0.1) is 5.10 Å². The van der Waals surface area contributed by atoms with Crippen molar-refractivity contribution >= 4 is 17.3 Å². The van der Waals surface area contributed by atoms with E-state index < -0.39 is 17.2 Å². The Labute approximate surface area is 128 Å². The first-order valence-electron chi connectivity index (χ1n) is 6.40. The summed E-state index contributed by atoms with van der Waals surface area (Å²) in [5.41, 5.74) is 0.934. The Bertz CT molecular complexity index is 908. The van der Waals surface area contributed by atoms with Crippen molar-refractivity contribution in [2.24, 2.45) is 0 Å². The zero-order valence-electron chi connectivity index (χ0n) is 11.8. The molecule has 0 unspecified atom stereocenters. The number of hydrogen-bond donors (Lipinski definition) is 1. The third-order valence-electron chi connectivity index (χ3n) is 3.24. The number of nitrogens with zero attached hydrogens (tertiary/aromatic N) is 3. The molecule has 0 atom stereocenters. The summed E-state index contributed by atoms with van der Waals surface area (Å²) in [5, 5.41) is 6.62.